The summed E-state index contributed by atoms with van der Waals surface area (Å²) in [6.07, 6.45) is 4.86. The molecule has 43 heavy (non-hydrogen) atoms. The lowest BCUT2D eigenvalue weighted by Gasteiger charge is -2.36. The van der Waals surface area contributed by atoms with E-state index < -0.39 is 16.1 Å². The van der Waals surface area contributed by atoms with E-state index in [4.69, 9.17) is 14.0 Å². The summed E-state index contributed by atoms with van der Waals surface area (Å²) in [5.74, 6) is 0.930. The van der Waals surface area contributed by atoms with Gasteiger partial charge in [-0.3, -0.25) is 9.52 Å². The summed E-state index contributed by atoms with van der Waals surface area (Å²) >= 11 is 0. The summed E-state index contributed by atoms with van der Waals surface area (Å²) in [4.78, 5) is 18.2. The average molecular weight is 621 g/mol. The van der Waals surface area contributed by atoms with Crippen molar-refractivity contribution in [3.63, 3.8) is 0 Å². The number of likely N-dealkylation sites (N-methyl/N-ethyl adjacent to an activating group) is 1. The number of carbonyl (C=O) groups is 1. The van der Waals surface area contributed by atoms with E-state index >= 15 is 0 Å². The number of rotatable bonds is 9. The largest absolute Gasteiger partial charge is 0.490 e. The first-order valence-electron chi connectivity index (χ1n) is 15.4. The van der Waals surface area contributed by atoms with Crippen LogP contribution >= 0.6 is 0 Å². The number of aliphatic hydroxyl groups excluding tert-OH is 1. The van der Waals surface area contributed by atoms with Crippen LogP contribution in [-0.2, 0) is 14.8 Å². The number of ether oxygens (including phenoxy) is 2. The molecule has 4 rings (SSSR count). The molecule has 0 saturated heterocycles. The number of hydrogen-bond acceptors (Lipinski definition) is 9. The van der Waals surface area contributed by atoms with Crippen LogP contribution in [0.3, 0.4) is 0 Å². The topological polar surface area (TPSA) is 134 Å². The van der Waals surface area contributed by atoms with Crippen LogP contribution in [0.4, 0.5) is 5.69 Å². The van der Waals surface area contributed by atoms with Crippen molar-refractivity contribution in [2.24, 2.45) is 11.8 Å². The minimum Gasteiger partial charge on any atom is -0.490 e. The highest BCUT2D eigenvalue weighted by molar-refractivity contribution is 7.92. The highest BCUT2D eigenvalue weighted by atomic mass is 32.2. The van der Waals surface area contributed by atoms with E-state index in [1.54, 1.807) is 30.9 Å². The van der Waals surface area contributed by atoms with Gasteiger partial charge >= 0.3 is 0 Å². The predicted molar refractivity (Wildman–Crippen MR) is 164 cm³/mol. The first kappa shape index (κ1) is 33.2. The Balaban J connectivity index is 1.67. The molecule has 1 aliphatic carbocycles. The Morgan fingerprint density at radius 3 is 2.56 bits per heavy atom. The van der Waals surface area contributed by atoms with Gasteiger partial charge in [-0.05, 0) is 91.0 Å². The van der Waals surface area contributed by atoms with E-state index in [0.29, 0.717) is 18.9 Å². The van der Waals surface area contributed by atoms with E-state index in [2.05, 4.69) is 28.8 Å². The van der Waals surface area contributed by atoms with Gasteiger partial charge in [0.15, 0.2) is 10.7 Å². The zero-order valence-electron chi connectivity index (χ0n) is 26.3. The van der Waals surface area contributed by atoms with Gasteiger partial charge in [-0.2, -0.15) is 0 Å². The van der Waals surface area contributed by atoms with Gasteiger partial charge in [-0.25, -0.2) is 8.42 Å². The third kappa shape index (κ3) is 8.71. The molecule has 11 nitrogen and oxygen atoms in total. The minimum atomic E-state index is -4.03. The standard InChI is InChI=1S/C31H48N4O7S/c1-20-16-35(21(2)19-36)31(37)27-15-26(33-43(38,39)30-23(4)32-42-24(30)5)12-13-28(27)41-22(3)9-7-8-14-40-29(20)18-34(6)17-25-10-11-25/h12-13,15,20-22,25,29,33,36H,7-11,14,16-19H2,1-6H3/t20-,21-,22+,29-/m0/s1. The van der Waals surface area contributed by atoms with E-state index in [0.717, 1.165) is 38.3 Å². The van der Waals surface area contributed by atoms with Gasteiger partial charge in [-0.1, -0.05) is 12.1 Å². The van der Waals surface area contributed by atoms with Crippen molar-refractivity contribution in [3.8, 4) is 5.75 Å². The molecular weight excluding hydrogens is 572 g/mol. The van der Waals surface area contributed by atoms with Gasteiger partial charge in [0.2, 0.25) is 0 Å². The highest BCUT2D eigenvalue weighted by Crippen LogP contribution is 2.31. The van der Waals surface area contributed by atoms with E-state index in [9.17, 15) is 18.3 Å². The highest BCUT2D eigenvalue weighted by Gasteiger charge is 2.32. The lowest BCUT2D eigenvalue weighted by molar-refractivity contribution is -0.0172. The molecule has 1 aromatic carbocycles. The number of nitrogens with one attached hydrogen (secondary N) is 1. The summed E-state index contributed by atoms with van der Waals surface area (Å²) in [7, 11) is -1.91. The molecule has 4 atom stereocenters. The Morgan fingerprint density at radius 2 is 1.91 bits per heavy atom. The number of sulfonamides is 1. The second-order valence-corrected chi connectivity index (χ2v) is 14.1. The monoisotopic (exact) mass is 620 g/mol. The number of benzene rings is 1. The predicted octanol–water partition coefficient (Wildman–Crippen LogP) is 4.23. The maximum atomic E-state index is 14.3. The number of aliphatic hydroxyl groups is 1. The van der Waals surface area contributed by atoms with E-state index in [1.807, 2.05) is 6.92 Å². The molecular formula is C31H48N4O7S. The van der Waals surface area contributed by atoms with Crippen molar-refractivity contribution >= 4 is 21.6 Å². The number of fused-ring (bicyclic) bond motifs is 1. The zero-order chi connectivity index (χ0) is 31.3. The first-order chi connectivity index (χ1) is 20.4. The first-order valence-corrected chi connectivity index (χ1v) is 16.9. The van der Waals surface area contributed by atoms with Crippen molar-refractivity contribution in [1.29, 1.82) is 0 Å². The second kappa shape index (κ2) is 14.4. The van der Waals surface area contributed by atoms with E-state index in [-0.39, 0.29) is 58.2 Å². The van der Waals surface area contributed by atoms with Crippen molar-refractivity contribution in [2.45, 2.75) is 89.9 Å². The molecule has 2 aromatic rings. The summed E-state index contributed by atoms with van der Waals surface area (Å²) in [5, 5.41) is 13.9. The molecule has 0 bridgehead atoms. The Labute approximate surface area is 255 Å². The Hall–Kier alpha value is -2.67. The lowest BCUT2D eigenvalue weighted by atomic mass is 10.0. The molecule has 12 heteroatoms. The van der Waals surface area contributed by atoms with Crippen LogP contribution in [0.15, 0.2) is 27.6 Å². The summed E-state index contributed by atoms with van der Waals surface area (Å²) < 4.78 is 46.8. The molecule has 2 aliphatic rings. The number of hydrogen-bond donors (Lipinski definition) is 2. The van der Waals surface area contributed by atoms with Gasteiger partial charge in [-0.15, -0.1) is 0 Å². The molecule has 240 valence electrons. The Bertz CT molecular complexity index is 1320. The summed E-state index contributed by atoms with van der Waals surface area (Å²) in [5.41, 5.74) is 0.670. The maximum absolute atomic E-state index is 14.3. The minimum absolute atomic E-state index is 0.0212. The summed E-state index contributed by atoms with van der Waals surface area (Å²) in [6.45, 7) is 11.5. The fourth-order valence-electron chi connectivity index (χ4n) is 5.64. The molecule has 0 unspecified atom stereocenters. The zero-order valence-corrected chi connectivity index (χ0v) is 27.2. The van der Waals surface area contributed by atoms with Crippen molar-refractivity contribution in [1.82, 2.24) is 15.0 Å². The van der Waals surface area contributed by atoms with Crippen molar-refractivity contribution < 1.29 is 32.3 Å². The van der Waals surface area contributed by atoms with Crippen LogP contribution in [-0.4, -0.2) is 92.5 Å². The van der Waals surface area contributed by atoms with Gasteiger partial charge < -0.3 is 28.9 Å². The third-order valence-electron chi connectivity index (χ3n) is 8.30. The average Bonchev–Trinajstić information content (AvgIpc) is 3.69. The Kier molecular flexibility index (Phi) is 11.1. The maximum Gasteiger partial charge on any atom is 0.267 e. The van der Waals surface area contributed by atoms with Gasteiger partial charge in [0, 0.05) is 37.8 Å². The molecule has 2 N–H and O–H groups in total. The normalized spacial score (nSPS) is 23.4. The number of carbonyl (C=O) groups excluding carboxylic acids is 1. The number of aryl methyl sites for hydroxylation is 2. The molecule has 1 saturated carbocycles. The van der Waals surface area contributed by atoms with Gasteiger partial charge in [0.05, 0.1) is 30.4 Å². The van der Waals surface area contributed by atoms with Crippen molar-refractivity contribution in [3.05, 3.63) is 35.2 Å². The number of nitrogens with zero attached hydrogens (tertiary/aromatic N) is 3. The number of aromatic nitrogens is 1. The van der Waals surface area contributed by atoms with Gasteiger partial charge in [0.1, 0.15) is 11.4 Å². The van der Waals surface area contributed by atoms with Gasteiger partial charge in [0.25, 0.3) is 15.9 Å². The molecule has 1 aromatic heterocycles. The smallest absolute Gasteiger partial charge is 0.267 e. The summed E-state index contributed by atoms with van der Waals surface area (Å²) in [6, 6.07) is 4.23. The van der Waals surface area contributed by atoms with Crippen LogP contribution < -0.4 is 9.46 Å². The third-order valence-corrected chi connectivity index (χ3v) is 9.92. The fourth-order valence-corrected chi connectivity index (χ4v) is 7.02. The van der Waals surface area contributed by atoms with E-state index in [1.165, 1.54) is 25.8 Å². The van der Waals surface area contributed by atoms with Crippen LogP contribution in [0.25, 0.3) is 0 Å². The lowest BCUT2D eigenvalue weighted by Crippen LogP contribution is -2.47. The van der Waals surface area contributed by atoms with Crippen LogP contribution in [0.1, 0.15) is 74.7 Å². The second-order valence-electron chi connectivity index (χ2n) is 12.4. The molecule has 1 fully saturated rings. The fraction of sp³-hybridized carbons (Fsp3) is 0.677. The number of amides is 1. The van der Waals surface area contributed by atoms with Crippen molar-refractivity contribution in [2.75, 3.05) is 44.6 Å². The SMILES string of the molecule is Cc1noc(C)c1S(=O)(=O)Nc1ccc2c(c1)C(=O)N([C@@H](C)CO)C[C@H](C)[C@H](CN(C)CC1CC1)OCCCC[C@@H](C)O2. The molecule has 1 amide bonds. The van der Waals surface area contributed by atoms with Crippen LogP contribution in [0.5, 0.6) is 5.75 Å². The Morgan fingerprint density at radius 1 is 1.16 bits per heavy atom. The molecule has 2 heterocycles. The molecule has 1 aliphatic heterocycles. The van der Waals surface area contributed by atoms with Crippen LogP contribution in [0, 0.1) is 25.7 Å². The molecule has 0 radical (unpaired) electrons. The number of anilines is 1. The quantitative estimate of drug-likeness (QED) is 0.422. The molecule has 0 spiro atoms. The van der Waals surface area contributed by atoms with Crippen LogP contribution in [0.2, 0.25) is 0 Å².